The van der Waals surface area contributed by atoms with E-state index in [4.69, 9.17) is 4.74 Å². The van der Waals surface area contributed by atoms with Gasteiger partial charge in [0.15, 0.2) is 0 Å². The van der Waals surface area contributed by atoms with E-state index in [1.165, 1.54) is 6.26 Å². The molecular weight excluding hydrogens is 236 g/mol. The Hall–Kier alpha value is -1.03. The van der Waals surface area contributed by atoms with Crippen LogP contribution in [0.3, 0.4) is 0 Å². The smallest absolute Gasteiger partial charge is 0.147 e. The Balaban J connectivity index is 2.62. The normalized spacial score (nSPS) is 13.4. The Morgan fingerprint density at radius 3 is 2.24 bits per heavy atom. The Labute approximate surface area is 104 Å². The van der Waals surface area contributed by atoms with Crippen molar-refractivity contribution in [3.8, 4) is 5.75 Å². The van der Waals surface area contributed by atoms with Gasteiger partial charge in [-0.3, -0.25) is 0 Å². The van der Waals surface area contributed by atoms with Crippen LogP contribution in [0.1, 0.15) is 18.1 Å². The summed E-state index contributed by atoms with van der Waals surface area (Å²) in [7, 11) is -2.93. The zero-order valence-corrected chi connectivity index (χ0v) is 11.7. The zero-order valence-electron chi connectivity index (χ0n) is 10.9. The van der Waals surface area contributed by atoms with Crippen LogP contribution in [-0.4, -0.2) is 27.0 Å². The van der Waals surface area contributed by atoms with Gasteiger partial charge in [-0.15, -0.1) is 0 Å². The third-order valence-electron chi connectivity index (χ3n) is 2.51. The largest absolute Gasteiger partial charge is 0.493 e. The van der Waals surface area contributed by atoms with E-state index in [1.54, 1.807) is 0 Å². The number of aryl methyl sites for hydroxylation is 2. The molecule has 96 valence electrons. The molecule has 0 spiro atoms. The van der Waals surface area contributed by atoms with Crippen LogP contribution in [0.2, 0.25) is 0 Å². The van der Waals surface area contributed by atoms with Crippen LogP contribution in [0.15, 0.2) is 18.2 Å². The van der Waals surface area contributed by atoms with Gasteiger partial charge in [0.05, 0.1) is 12.4 Å². The molecular formula is C13H20O3S. The summed E-state index contributed by atoms with van der Waals surface area (Å²) in [5.41, 5.74) is 2.16. The highest BCUT2D eigenvalue weighted by atomic mass is 32.2. The fourth-order valence-corrected chi connectivity index (χ4v) is 2.95. The van der Waals surface area contributed by atoms with E-state index in [-0.39, 0.29) is 11.7 Å². The van der Waals surface area contributed by atoms with Gasteiger partial charge in [0.1, 0.15) is 15.6 Å². The fourth-order valence-electron chi connectivity index (χ4n) is 1.82. The molecule has 1 atom stereocenters. The van der Waals surface area contributed by atoms with Crippen LogP contribution >= 0.6 is 0 Å². The van der Waals surface area contributed by atoms with Gasteiger partial charge >= 0.3 is 0 Å². The van der Waals surface area contributed by atoms with E-state index >= 15 is 0 Å². The highest BCUT2D eigenvalue weighted by Gasteiger charge is 2.12. The van der Waals surface area contributed by atoms with Gasteiger partial charge in [-0.2, -0.15) is 0 Å². The average Bonchev–Trinajstić information content (AvgIpc) is 2.14. The van der Waals surface area contributed by atoms with Crippen LogP contribution in [0, 0.1) is 19.8 Å². The van der Waals surface area contributed by atoms with Crippen molar-refractivity contribution in [2.45, 2.75) is 20.8 Å². The summed E-state index contributed by atoms with van der Waals surface area (Å²) in [4.78, 5) is 0. The second kappa shape index (κ2) is 5.54. The molecule has 0 aliphatic heterocycles. The monoisotopic (exact) mass is 256 g/mol. The lowest BCUT2D eigenvalue weighted by atomic mass is 10.1. The van der Waals surface area contributed by atoms with Gasteiger partial charge in [0.25, 0.3) is 0 Å². The first kappa shape index (κ1) is 14.0. The summed E-state index contributed by atoms with van der Waals surface area (Å²) in [5, 5.41) is 0. The van der Waals surface area contributed by atoms with Crippen LogP contribution in [-0.2, 0) is 9.84 Å². The van der Waals surface area contributed by atoms with Crippen molar-refractivity contribution in [2.75, 3.05) is 18.6 Å². The standard InChI is InChI=1S/C13H20O3S/c1-10(9-17(4,14)15)8-16-13-11(2)6-5-7-12(13)3/h5-7,10H,8-9H2,1-4H3/t10-/m0/s1. The molecule has 1 aromatic rings. The molecule has 0 radical (unpaired) electrons. The molecule has 1 aromatic carbocycles. The number of hydrogen-bond acceptors (Lipinski definition) is 3. The number of benzene rings is 1. The summed E-state index contributed by atoms with van der Waals surface area (Å²) >= 11 is 0. The summed E-state index contributed by atoms with van der Waals surface area (Å²) in [5.74, 6) is 1.04. The third kappa shape index (κ3) is 4.77. The van der Waals surface area contributed by atoms with Crippen LogP contribution in [0.4, 0.5) is 0 Å². The van der Waals surface area contributed by atoms with Crippen LogP contribution < -0.4 is 4.74 Å². The van der Waals surface area contributed by atoms with Crippen molar-refractivity contribution in [2.24, 2.45) is 5.92 Å². The lowest BCUT2D eigenvalue weighted by molar-refractivity contribution is 0.268. The maximum Gasteiger partial charge on any atom is 0.147 e. The molecule has 0 unspecified atom stereocenters. The fraction of sp³-hybridized carbons (Fsp3) is 0.538. The molecule has 4 heteroatoms. The molecule has 17 heavy (non-hydrogen) atoms. The molecule has 3 nitrogen and oxygen atoms in total. The molecule has 0 fully saturated rings. The lowest BCUT2D eigenvalue weighted by Crippen LogP contribution is -2.19. The first-order valence-electron chi connectivity index (χ1n) is 5.66. The zero-order chi connectivity index (χ0) is 13.1. The van der Waals surface area contributed by atoms with Gasteiger partial charge < -0.3 is 4.74 Å². The van der Waals surface area contributed by atoms with E-state index in [1.807, 2.05) is 39.0 Å². The first-order valence-corrected chi connectivity index (χ1v) is 7.72. The second-order valence-corrected chi connectivity index (χ2v) is 6.91. The van der Waals surface area contributed by atoms with Gasteiger partial charge in [-0.1, -0.05) is 25.1 Å². The molecule has 0 N–H and O–H groups in total. The summed E-state index contributed by atoms with van der Waals surface area (Å²) in [6.07, 6.45) is 1.25. The summed E-state index contributed by atoms with van der Waals surface area (Å²) in [6, 6.07) is 5.96. The van der Waals surface area contributed by atoms with Crippen molar-refractivity contribution in [3.05, 3.63) is 29.3 Å². The van der Waals surface area contributed by atoms with E-state index in [2.05, 4.69) is 0 Å². The van der Waals surface area contributed by atoms with Crippen molar-refractivity contribution in [1.29, 1.82) is 0 Å². The average molecular weight is 256 g/mol. The van der Waals surface area contributed by atoms with E-state index in [0.29, 0.717) is 6.61 Å². The SMILES string of the molecule is Cc1cccc(C)c1OC[C@H](C)CS(C)(=O)=O. The minimum atomic E-state index is -2.93. The van der Waals surface area contributed by atoms with Crippen LogP contribution in [0.25, 0.3) is 0 Å². The van der Waals surface area contributed by atoms with Gasteiger partial charge in [0.2, 0.25) is 0 Å². The Bertz CT molecular complexity index is 457. The highest BCUT2D eigenvalue weighted by Crippen LogP contribution is 2.22. The lowest BCUT2D eigenvalue weighted by Gasteiger charge is -2.15. The van der Waals surface area contributed by atoms with Gasteiger partial charge in [0, 0.05) is 12.2 Å². The Morgan fingerprint density at radius 2 is 1.76 bits per heavy atom. The number of sulfone groups is 1. The first-order chi connectivity index (χ1) is 7.79. The Morgan fingerprint density at radius 1 is 1.24 bits per heavy atom. The minimum absolute atomic E-state index is 0.00371. The topological polar surface area (TPSA) is 43.4 Å². The van der Waals surface area contributed by atoms with Crippen molar-refractivity contribution in [3.63, 3.8) is 0 Å². The van der Waals surface area contributed by atoms with E-state index in [0.717, 1.165) is 16.9 Å². The predicted octanol–water partition coefficient (Wildman–Crippen LogP) is 2.36. The van der Waals surface area contributed by atoms with Gasteiger partial charge in [-0.05, 0) is 25.0 Å². The van der Waals surface area contributed by atoms with Crippen molar-refractivity contribution in [1.82, 2.24) is 0 Å². The molecule has 1 rings (SSSR count). The molecule has 0 bridgehead atoms. The summed E-state index contributed by atoms with van der Waals surface area (Å²) < 4.78 is 28.0. The molecule has 0 heterocycles. The molecule has 0 aromatic heterocycles. The second-order valence-electron chi connectivity index (χ2n) is 4.73. The minimum Gasteiger partial charge on any atom is -0.493 e. The molecule has 0 aliphatic rings. The predicted molar refractivity (Wildman–Crippen MR) is 70.3 cm³/mol. The number of rotatable bonds is 5. The molecule has 0 amide bonds. The van der Waals surface area contributed by atoms with Crippen LogP contribution in [0.5, 0.6) is 5.75 Å². The molecule has 0 saturated carbocycles. The maximum atomic E-state index is 11.1. The van der Waals surface area contributed by atoms with E-state index < -0.39 is 9.84 Å². The van der Waals surface area contributed by atoms with Crippen molar-refractivity contribution < 1.29 is 13.2 Å². The highest BCUT2D eigenvalue weighted by molar-refractivity contribution is 7.90. The van der Waals surface area contributed by atoms with Crippen molar-refractivity contribution >= 4 is 9.84 Å². The van der Waals surface area contributed by atoms with E-state index in [9.17, 15) is 8.42 Å². The number of ether oxygens (including phenoxy) is 1. The quantitative estimate of drug-likeness (QED) is 0.812. The summed E-state index contributed by atoms with van der Waals surface area (Å²) in [6.45, 7) is 6.29. The molecule has 0 saturated heterocycles. The number of para-hydroxylation sites is 1. The van der Waals surface area contributed by atoms with Gasteiger partial charge in [-0.25, -0.2) is 8.42 Å². The maximum absolute atomic E-state index is 11.1. The third-order valence-corrected chi connectivity index (χ3v) is 3.68. The molecule has 0 aliphatic carbocycles. The Kier molecular flexibility index (Phi) is 4.57. The number of hydrogen-bond donors (Lipinski definition) is 0.